The first-order valence-corrected chi connectivity index (χ1v) is 6.41. The molecule has 0 unspecified atom stereocenters. The van der Waals surface area contributed by atoms with Crippen molar-refractivity contribution in [3.63, 3.8) is 0 Å². The van der Waals surface area contributed by atoms with Crippen molar-refractivity contribution in [3.8, 4) is 0 Å². The summed E-state index contributed by atoms with van der Waals surface area (Å²) >= 11 is 5.99. The quantitative estimate of drug-likeness (QED) is 0.798. The summed E-state index contributed by atoms with van der Waals surface area (Å²) in [5.41, 5.74) is 2.04. The van der Waals surface area contributed by atoms with Crippen molar-refractivity contribution in [1.82, 2.24) is 14.1 Å². The van der Waals surface area contributed by atoms with Crippen molar-refractivity contribution in [2.24, 2.45) is 7.05 Å². The Labute approximate surface area is 115 Å². The zero-order chi connectivity index (χ0) is 13.4. The van der Waals surface area contributed by atoms with Crippen molar-refractivity contribution < 1.29 is 5.11 Å². The van der Waals surface area contributed by atoms with Crippen LogP contribution in [-0.4, -0.2) is 19.2 Å². The largest absolute Gasteiger partial charge is 0.392 e. The molecule has 98 valence electrons. The molecule has 3 aromatic rings. The Kier molecular flexibility index (Phi) is 3.05. The van der Waals surface area contributed by atoms with Gasteiger partial charge in [0.05, 0.1) is 19.3 Å². The molecule has 1 N–H and O–H groups in total. The molecule has 0 radical (unpaired) electrons. The second-order valence-corrected chi connectivity index (χ2v) is 4.94. The Morgan fingerprint density at radius 2 is 2.16 bits per heavy atom. The predicted molar refractivity (Wildman–Crippen MR) is 75.2 cm³/mol. The lowest BCUT2D eigenvalue weighted by atomic mass is 10.2. The van der Waals surface area contributed by atoms with Crippen LogP contribution in [0, 0.1) is 0 Å². The van der Waals surface area contributed by atoms with Gasteiger partial charge in [0.25, 0.3) is 0 Å². The fraction of sp³-hybridized carbons (Fsp3) is 0.214. The Balaban J connectivity index is 1.99. The fourth-order valence-electron chi connectivity index (χ4n) is 2.21. The third kappa shape index (κ3) is 2.13. The molecule has 0 saturated carbocycles. The highest BCUT2D eigenvalue weighted by atomic mass is 35.5. The maximum absolute atomic E-state index is 9.14. The lowest BCUT2D eigenvalue weighted by Gasteiger charge is -2.06. The molecule has 0 fully saturated rings. The van der Waals surface area contributed by atoms with Crippen LogP contribution in [0.15, 0.2) is 36.7 Å². The average Bonchev–Trinajstić information content (AvgIpc) is 2.97. The minimum absolute atomic E-state index is 0.0656. The van der Waals surface area contributed by atoms with Gasteiger partial charge in [-0.1, -0.05) is 17.7 Å². The van der Waals surface area contributed by atoms with Gasteiger partial charge in [0.1, 0.15) is 11.0 Å². The topological polar surface area (TPSA) is 43.0 Å². The van der Waals surface area contributed by atoms with E-state index in [-0.39, 0.29) is 6.61 Å². The van der Waals surface area contributed by atoms with Crippen LogP contribution in [0.5, 0.6) is 0 Å². The minimum Gasteiger partial charge on any atom is -0.392 e. The van der Waals surface area contributed by atoms with Crippen LogP contribution in [0.2, 0.25) is 5.15 Å². The van der Waals surface area contributed by atoms with E-state index in [9.17, 15) is 0 Å². The molecule has 2 heterocycles. The normalized spacial score (nSPS) is 11.3. The number of aliphatic hydroxyl groups excluding tert-OH is 1. The number of benzene rings is 1. The van der Waals surface area contributed by atoms with E-state index in [2.05, 4.69) is 9.55 Å². The molecule has 2 aromatic heterocycles. The summed E-state index contributed by atoms with van der Waals surface area (Å²) in [7, 11) is 1.90. The number of hydrogen-bond donors (Lipinski definition) is 1. The van der Waals surface area contributed by atoms with Crippen molar-refractivity contribution in [2.45, 2.75) is 13.2 Å². The number of aliphatic hydroxyl groups is 1. The van der Waals surface area contributed by atoms with Crippen molar-refractivity contribution in [1.29, 1.82) is 0 Å². The summed E-state index contributed by atoms with van der Waals surface area (Å²) in [6.07, 6.45) is 3.68. The molecular formula is C14H14ClN3O. The van der Waals surface area contributed by atoms with Crippen LogP contribution >= 0.6 is 11.6 Å². The lowest BCUT2D eigenvalue weighted by Crippen LogP contribution is -2.05. The molecule has 0 aliphatic heterocycles. The van der Waals surface area contributed by atoms with Crippen molar-refractivity contribution in [3.05, 3.63) is 53.2 Å². The van der Waals surface area contributed by atoms with Gasteiger partial charge in [-0.15, -0.1) is 0 Å². The van der Waals surface area contributed by atoms with E-state index in [1.54, 1.807) is 6.20 Å². The van der Waals surface area contributed by atoms with Gasteiger partial charge in [-0.05, 0) is 29.1 Å². The summed E-state index contributed by atoms with van der Waals surface area (Å²) in [5.74, 6) is 0.911. The maximum Gasteiger partial charge on any atom is 0.129 e. The molecule has 0 spiro atoms. The third-order valence-corrected chi connectivity index (χ3v) is 3.71. The molecule has 0 saturated heterocycles. The Hall–Kier alpha value is -1.78. The summed E-state index contributed by atoms with van der Waals surface area (Å²) in [6.45, 7) is 0.737. The SMILES string of the molecule is Cn1c(Cl)cnc1Cn1ccc2cc(CO)ccc21. The molecule has 19 heavy (non-hydrogen) atoms. The highest BCUT2D eigenvalue weighted by Crippen LogP contribution is 2.19. The molecule has 3 rings (SSSR count). The van der Waals surface area contributed by atoms with Gasteiger partial charge in [-0.25, -0.2) is 4.98 Å². The third-order valence-electron chi connectivity index (χ3n) is 3.36. The standard InChI is InChI=1S/C14H14ClN3O/c1-17-13(15)7-16-14(17)8-18-5-4-11-6-10(9-19)2-3-12(11)18/h2-7,19H,8-9H2,1H3. The Morgan fingerprint density at radius 3 is 2.84 bits per heavy atom. The van der Waals surface area contributed by atoms with E-state index in [1.165, 1.54) is 0 Å². The molecule has 4 nitrogen and oxygen atoms in total. The first-order chi connectivity index (χ1) is 9.19. The van der Waals surface area contributed by atoms with E-state index in [0.717, 1.165) is 22.3 Å². The number of nitrogens with zero attached hydrogens (tertiary/aromatic N) is 3. The van der Waals surface area contributed by atoms with Crippen LogP contribution in [0.1, 0.15) is 11.4 Å². The fourth-order valence-corrected chi connectivity index (χ4v) is 2.36. The van der Waals surface area contributed by atoms with Gasteiger partial charge >= 0.3 is 0 Å². The van der Waals surface area contributed by atoms with Gasteiger partial charge in [0.15, 0.2) is 0 Å². The van der Waals surface area contributed by atoms with Crippen molar-refractivity contribution >= 4 is 22.5 Å². The second-order valence-electron chi connectivity index (χ2n) is 4.55. The monoisotopic (exact) mass is 275 g/mol. The molecule has 0 aliphatic rings. The summed E-state index contributed by atoms with van der Waals surface area (Å²) < 4.78 is 3.99. The van der Waals surface area contributed by atoms with Gasteiger partial charge < -0.3 is 14.2 Å². The number of rotatable bonds is 3. The van der Waals surface area contributed by atoms with Crippen LogP contribution in [0.25, 0.3) is 10.9 Å². The van der Waals surface area contributed by atoms with Gasteiger partial charge in [0, 0.05) is 18.8 Å². The number of hydrogen-bond acceptors (Lipinski definition) is 2. The predicted octanol–water partition coefficient (Wildman–Crippen LogP) is 2.57. The van der Waals surface area contributed by atoms with E-state index < -0.39 is 0 Å². The number of halogens is 1. The van der Waals surface area contributed by atoms with Crippen LogP contribution in [0.3, 0.4) is 0 Å². The number of aromatic nitrogens is 3. The van der Waals surface area contributed by atoms with E-state index >= 15 is 0 Å². The van der Waals surface area contributed by atoms with Crippen LogP contribution in [-0.2, 0) is 20.2 Å². The molecule has 0 amide bonds. The van der Waals surface area contributed by atoms with E-state index in [0.29, 0.717) is 11.7 Å². The molecule has 0 bridgehead atoms. The summed E-state index contributed by atoms with van der Waals surface area (Å²) in [6, 6.07) is 7.99. The van der Waals surface area contributed by atoms with E-state index in [1.807, 2.05) is 42.1 Å². The first-order valence-electron chi connectivity index (χ1n) is 6.04. The molecule has 0 aliphatic carbocycles. The zero-order valence-corrected chi connectivity index (χ0v) is 11.3. The first kappa shape index (κ1) is 12.3. The molecular weight excluding hydrogens is 262 g/mol. The van der Waals surface area contributed by atoms with Gasteiger partial charge in [0.2, 0.25) is 0 Å². The average molecular weight is 276 g/mol. The maximum atomic E-state index is 9.14. The van der Waals surface area contributed by atoms with Crippen LogP contribution < -0.4 is 0 Å². The van der Waals surface area contributed by atoms with Crippen molar-refractivity contribution in [2.75, 3.05) is 0 Å². The highest BCUT2D eigenvalue weighted by molar-refractivity contribution is 6.29. The zero-order valence-electron chi connectivity index (χ0n) is 10.5. The summed E-state index contributed by atoms with van der Waals surface area (Å²) in [5, 5.41) is 10.9. The van der Waals surface area contributed by atoms with E-state index in [4.69, 9.17) is 16.7 Å². The van der Waals surface area contributed by atoms with Gasteiger partial charge in [-0.3, -0.25) is 0 Å². The Bertz CT molecular complexity index is 729. The second kappa shape index (κ2) is 4.72. The molecule has 0 atom stereocenters. The Morgan fingerprint density at radius 1 is 1.32 bits per heavy atom. The summed E-state index contributed by atoms with van der Waals surface area (Å²) in [4.78, 5) is 4.30. The molecule has 1 aromatic carbocycles. The van der Waals surface area contributed by atoms with Gasteiger partial charge in [-0.2, -0.15) is 0 Å². The van der Waals surface area contributed by atoms with Crippen LogP contribution in [0.4, 0.5) is 0 Å². The number of fused-ring (bicyclic) bond motifs is 1. The molecule has 5 heteroatoms. The lowest BCUT2D eigenvalue weighted by molar-refractivity contribution is 0.282. The highest BCUT2D eigenvalue weighted by Gasteiger charge is 2.07. The minimum atomic E-state index is 0.0656. The number of imidazole rings is 1. The smallest absolute Gasteiger partial charge is 0.129 e.